The monoisotopic (exact) mass is 206 g/mol. The van der Waals surface area contributed by atoms with Crippen molar-refractivity contribution < 1.29 is 0 Å². The minimum Gasteiger partial charge on any atom is -0.310 e. The first-order chi connectivity index (χ1) is 7.45. The van der Waals surface area contributed by atoms with Gasteiger partial charge in [0.15, 0.2) is 0 Å². The molecule has 4 nitrogen and oxygen atoms in total. The van der Waals surface area contributed by atoms with E-state index in [1.165, 1.54) is 19.3 Å². The van der Waals surface area contributed by atoms with Crippen LogP contribution in [0.5, 0.6) is 0 Å². The van der Waals surface area contributed by atoms with Gasteiger partial charge in [0.05, 0.1) is 6.20 Å². The van der Waals surface area contributed by atoms with Gasteiger partial charge < -0.3 is 5.32 Å². The normalized spacial score (nSPS) is 20.7. The van der Waals surface area contributed by atoms with E-state index in [1.807, 2.05) is 10.9 Å². The van der Waals surface area contributed by atoms with Gasteiger partial charge in [-0.25, -0.2) is 0 Å². The van der Waals surface area contributed by atoms with E-state index in [4.69, 9.17) is 0 Å². The lowest BCUT2D eigenvalue weighted by molar-refractivity contribution is 0.481. The molecule has 0 saturated carbocycles. The summed E-state index contributed by atoms with van der Waals surface area (Å²) in [6, 6.07) is 0.592. The van der Waals surface area contributed by atoms with E-state index >= 15 is 0 Å². The molecule has 1 aromatic heterocycles. The van der Waals surface area contributed by atoms with Crippen LogP contribution in [0.15, 0.2) is 24.5 Å². The van der Waals surface area contributed by atoms with E-state index in [9.17, 15) is 0 Å². The summed E-state index contributed by atoms with van der Waals surface area (Å²) in [5.41, 5.74) is 0. The van der Waals surface area contributed by atoms with Crippen molar-refractivity contribution in [3.8, 4) is 0 Å². The molecule has 0 aromatic carbocycles. The summed E-state index contributed by atoms with van der Waals surface area (Å²) < 4.78 is 1.87. The molecule has 1 aliphatic rings. The zero-order valence-corrected chi connectivity index (χ0v) is 8.97. The Balaban J connectivity index is 1.58. The molecule has 0 fully saturated rings. The maximum absolute atomic E-state index is 3.93. The van der Waals surface area contributed by atoms with E-state index in [0.717, 1.165) is 19.5 Å². The molecular formula is C11H18N4. The topological polar surface area (TPSA) is 42.7 Å². The molecule has 4 heteroatoms. The number of nitrogens with zero attached hydrogens (tertiary/aromatic N) is 3. The summed E-state index contributed by atoms with van der Waals surface area (Å²) in [5, 5.41) is 11.2. The van der Waals surface area contributed by atoms with Crippen LogP contribution in [-0.2, 0) is 6.54 Å². The zero-order valence-electron chi connectivity index (χ0n) is 8.97. The Morgan fingerprint density at radius 3 is 3.20 bits per heavy atom. The van der Waals surface area contributed by atoms with Crippen molar-refractivity contribution in [1.82, 2.24) is 20.3 Å². The van der Waals surface area contributed by atoms with Gasteiger partial charge in [-0.05, 0) is 32.2 Å². The van der Waals surface area contributed by atoms with Crippen molar-refractivity contribution in [3.63, 3.8) is 0 Å². The molecule has 82 valence electrons. The van der Waals surface area contributed by atoms with Gasteiger partial charge in [-0.3, -0.25) is 4.68 Å². The lowest BCUT2D eigenvalue weighted by Gasteiger charge is -2.17. The molecular weight excluding hydrogens is 188 g/mol. The first-order valence-corrected chi connectivity index (χ1v) is 5.69. The first kappa shape index (κ1) is 10.4. The fourth-order valence-electron chi connectivity index (χ4n) is 1.86. The third kappa shape index (κ3) is 3.47. The van der Waals surface area contributed by atoms with E-state index in [2.05, 4.69) is 27.8 Å². The van der Waals surface area contributed by atoms with Crippen LogP contribution in [0.3, 0.4) is 0 Å². The highest BCUT2D eigenvalue weighted by Gasteiger charge is 2.06. The molecule has 0 saturated heterocycles. The molecule has 1 aliphatic carbocycles. The van der Waals surface area contributed by atoms with Crippen molar-refractivity contribution in [3.05, 3.63) is 24.5 Å². The Hall–Kier alpha value is -1.16. The lowest BCUT2D eigenvalue weighted by atomic mass is 10.0. The summed E-state index contributed by atoms with van der Waals surface area (Å²) in [4.78, 5) is 0. The number of allylic oxidation sites excluding steroid dienone is 1. The van der Waals surface area contributed by atoms with Crippen molar-refractivity contribution >= 4 is 0 Å². The fraction of sp³-hybridized carbons (Fsp3) is 0.636. The van der Waals surface area contributed by atoms with E-state index < -0.39 is 0 Å². The Morgan fingerprint density at radius 2 is 2.47 bits per heavy atom. The van der Waals surface area contributed by atoms with E-state index in [1.54, 1.807) is 6.20 Å². The van der Waals surface area contributed by atoms with Crippen molar-refractivity contribution in [1.29, 1.82) is 0 Å². The van der Waals surface area contributed by atoms with E-state index in [0.29, 0.717) is 6.04 Å². The van der Waals surface area contributed by atoms with Crippen LogP contribution in [0.25, 0.3) is 0 Å². The number of rotatable bonds is 5. The SMILES string of the molecule is C1=CC(NCCCn2ccnn2)CCC1. The molecule has 1 atom stereocenters. The van der Waals surface area contributed by atoms with Gasteiger partial charge in [-0.1, -0.05) is 17.4 Å². The molecule has 1 unspecified atom stereocenters. The predicted molar refractivity (Wildman–Crippen MR) is 59.4 cm³/mol. The summed E-state index contributed by atoms with van der Waals surface area (Å²) in [6.45, 7) is 2.00. The molecule has 0 amide bonds. The van der Waals surface area contributed by atoms with E-state index in [-0.39, 0.29) is 0 Å². The van der Waals surface area contributed by atoms with Crippen LogP contribution in [0, 0.1) is 0 Å². The average Bonchev–Trinajstić information content (AvgIpc) is 2.79. The summed E-state index contributed by atoms with van der Waals surface area (Å²) in [6.07, 6.45) is 13.1. The highest BCUT2D eigenvalue weighted by molar-refractivity contribution is 4.97. The first-order valence-electron chi connectivity index (χ1n) is 5.69. The van der Waals surface area contributed by atoms with Crippen molar-refractivity contribution in [2.45, 2.75) is 38.3 Å². The average molecular weight is 206 g/mol. The largest absolute Gasteiger partial charge is 0.310 e. The van der Waals surface area contributed by atoms with Crippen LogP contribution < -0.4 is 5.32 Å². The second-order valence-corrected chi connectivity index (χ2v) is 3.94. The molecule has 2 rings (SSSR count). The maximum atomic E-state index is 3.93. The quantitative estimate of drug-likeness (QED) is 0.584. The highest BCUT2D eigenvalue weighted by Crippen LogP contribution is 2.09. The third-order valence-corrected chi connectivity index (χ3v) is 2.70. The fourth-order valence-corrected chi connectivity index (χ4v) is 1.86. The van der Waals surface area contributed by atoms with Crippen molar-refractivity contribution in [2.75, 3.05) is 6.54 Å². The van der Waals surface area contributed by atoms with Gasteiger partial charge in [0.25, 0.3) is 0 Å². The number of hydrogen-bond acceptors (Lipinski definition) is 3. The smallest absolute Gasteiger partial charge is 0.0692 e. The maximum Gasteiger partial charge on any atom is 0.0692 e. The Labute approximate surface area is 90.4 Å². The summed E-state index contributed by atoms with van der Waals surface area (Å²) >= 11 is 0. The van der Waals surface area contributed by atoms with Gasteiger partial charge in [0.2, 0.25) is 0 Å². The Bertz CT molecular complexity index is 292. The van der Waals surface area contributed by atoms with Gasteiger partial charge >= 0.3 is 0 Å². The predicted octanol–water partition coefficient (Wildman–Crippen LogP) is 1.37. The second kappa shape index (κ2) is 5.66. The van der Waals surface area contributed by atoms with Crippen LogP contribution in [0.2, 0.25) is 0 Å². The van der Waals surface area contributed by atoms with Gasteiger partial charge in [0.1, 0.15) is 0 Å². The minimum absolute atomic E-state index is 0.592. The van der Waals surface area contributed by atoms with Gasteiger partial charge in [-0.2, -0.15) is 0 Å². The molecule has 0 spiro atoms. The summed E-state index contributed by atoms with van der Waals surface area (Å²) in [7, 11) is 0. The number of hydrogen-bond donors (Lipinski definition) is 1. The molecule has 1 N–H and O–H groups in total. The van der Waals surface area contributed by atoms with Crippen LogP contribution >= 0.6 is 0 Å². The van der Waals surface area contributed by atoms with Gasteiger partial charge in [-0.15, -0.1) is 5.10 Å². The molecule has 0 aliphatic heterocycles. The molecule has 1 heterocycles. The Kier molecular flexibility index (Phi) is 3.91. The second-order valence-electron chi connectivity index (χ2n) is 3.94. The standard InChI is InChI=1S/C11H18N4/c1-2-5-11(6-3-1)12-7-4-9-15-10-8-13-14-15/h2,5,8,10-12H,1,3-4,6-7,9H2. The Morgan fingerprint density at radius 1 is 1.47 bits per heavy atom. The number of aryl methyl sites for hydroxylation is 1. The molecule has 1 aromatic rings. The molecule has 0 bridgehead atoms. The zero-order chi connectivity index (χ0) is 10.3. The molecule has 15 heavy (non-hydrogen) atoms. The van der Waals surface area contributed by atoms with Crippen molar-refractivity contribution in [2.24, 2.45) is 0 Å². The third-order valence-electron chi connectivity index (χ3n) is 2.70. The van der Waals surface area contributed by atoms with Crippen LogP contribution in [-0.4, -0.2) is 27.6 Å². The minimum atomic E-state index is 0.592. The number of nitrogens with one attached hydrogen (secondary N) is 1. The summed E-state index contributed by atoms with van der Waals surface area (Å²) in [5.74, 6) is 0. The lowest BCUT2D eigenvalue weighted by Crippen LogP contribution is -2.29. The van der Waals surface area contributed by atoms with Gasteiger partial charge in [0, 0.05) is 18.8 Å². The van der Waals surface area contributed by atoms with Crippen LogP contribution in [0.1, 0.15) is 25.7 Å². The molecule has 0 radical (unpaired) electrons. The number of aromatic nitrogens is 3. The highest BCUT2D eigenvalue weighted by atomic mass is 15.4. The van der Waals surface area contributed by atoms with Crippen LogP contribution in [0.4, 0.5) is 0 Å².